The van der Waals surface area contributed by atoms with Gasteiger partial charge in [-0.05, 0) is 41.5 Å². The number of carbonyl (C=O) groups is 1. The summed E-state index contributed by atoms with van der Waals surface area (Å²) in [6.07, 6.45) is 2.74. The van der Waals surface area contributed by atoms with Crippen LogP contribution in [0.5, 0.6) is 0 Å². The molecule has 20 heavy (non-hydrogen) atoms. The lowest BCUT2D eigenvalue weighted by Gasteiger charge is -2.03. The average molecular weight is 305 g/mol. The van der Waals surface area contributed by atoms with Gasteiger partial charge in [-0.25, -0.2) is 4.79 Å². The summed E-state index contributed by atoms with van der Waals surface area (Å²) in [5, 5.41) is 9.35. The standard InChI is InChI=1S/C16H13ClO2S/c17-14-5-7-15(8-6-14)20-11-13-3-1-2-12(10-13)4-9-16(18)19/h1-10H,11H2,(H,18,19). The van der Waals surface area contributed by atoms with Gasteiger partial charge in [0.05, 0.1) is 0 Å². The van der Waals surface area contributed by atoms with Crippen molar-refractivity contribution in [2.24, 2.45) is 0 Å². The molecule has 0 bridgehead atoms. The molecule has 0 aliphatic heterocycles. The Bertz CT molecular complexity index is 621. The van der Waals surface area contributed by atoms with Crippen molar-refractivity contribution in [3.63, 3.8) is 0 Å². The number of hydrogen-bond acceptors (Lipinski definition) is 2. The zero-order valence-electron chi connectivity index (χ0n) is 10.6. The van der Waals surface area contributed by atoms with Gasteiger partial charge in [0.2, 0.25) is 0 Å². The molecule has 2 aromatic rings. The zero-order valence-corrected chi connectivity index (χ0v) is 12.2. The van der Waals surface area contributed by atoms with Crippen LogP contribution in [0.2, 0.25) is 5.02 Å². The molecule has 0 saturated carbocycles. The van der Waals surface area contributed by atoms with Crippen molar-refractivity contribution in [3.05, 3.63) is 70.8 Å². The Hall–Kier alpha value is -1.71. The Morgan fingerprint density at radius 3 is 2.65 bits per heavy atom. The van der Waals surface area contributed by atoms with E-state index < -0.39 is 5.97 Å². The molecule has 0 aliphatic carbocycles. The Labute approximate surface area is 127 Å². The van der Waals surface area contributed by atoms with E-state index in [-0.39, 0.29) is 0 Å². The van der Waals surface area contributed by atoms with Crippen molar-refractivity contribution >= 4 is 35.4 Å². The van der Waals surface area contributed by atoms with Gasteiger partial charge in [-0.3, -0.25) is 0 Å². The Balaban J connectivity index is 2.01. The monoisotopic (exact) mass is 304 g/mol. The van der Waals surface area contributed by atoms with Gasteiger partial charge in [-0.15, -0.1) is 11.8 Å². The number of aliphatic carboxylic acids is 1. The third-order valence-electron chi connectivity index (χ3n) is 2.59. The fraction of sp³-hybridized carbons (Fsp3) is 0.0625. The number of hydrogen-bond donors (Lipinski definition) is 1. The summed E-state index contributed by atoms with van der Waals surface area (Å²) in [5.41, 5.74) is 2.04. The van der Waals surface area contributed by atoms with Crippen molar-refractivity contribution in [1.29, 1.82) is 0 Å². The topological polar surface area (TPSA) is 37.3 Å². The molecule has 0 aliphatic rings. The van der Waals surface area contributed by atoms with Crippen LogP contribution in [0.3, 0.4) is 0 Å². The van der Waals surface area contributed by atoms with Crippen LogP contribution < -0.4 is 0 Å². The van der Waals surface area contributed by atoms with Crippen LogP contribution in [0.15, 0.2) is 59.5 Å². The van der Waals surface area contributed by atoms with Gasteiger partial charge in [0.25, 0.3) is 0 Å². The highest BCUT2D eigenvalue weighted by atomic mass is 35.5. The number of benzene rings is 2. The van der Waals surface area contributed by atoms with Crippen LogP contribution in [-0.2, 0) is 10.5 Å². The highest BCUT2D eigenvalue weighted by molar-refractivity contribution is 7.98. The second-order valence-corrected chi connectivity index (χ2v) is 5.64. The highest BCUT2D eigenvalue weighted by Gasteiger charge is 1.98. The SMILES string of the molecule is O=C(O)C=Cc1cccc(CSc2ccc(Cl)cc2)c1. The average Bonchev–Trinajstić information content (AvgIpc) is 2.45. The van der Waals surface area contributed by atoms with Crippen molar-refractivity contribution in [2.45, 2.75) is 10.6 Å². The summed E-state index contributed by atoms with van der Waals surface area (Å²) in [6, 6.07) is 15.5. The van der Waals surface area contributed by atoms with Crippen LogP contribution in [0.4, 0.5) is 0 Å². The van der Waals surface area contributed by atoms with E-state index in [2.05, 4.69) is 0 Å². The molecule has 0 fully saturated rings. The molecule has 0 heterocycles. The molecule has 102 valence electrons. The van der Waals surface area contributed by atoms with Gasteiger partial charge in [-0.2, -0.15) is 0 Å². The van der Waals surface area contributed by atoms with E-state index in [9.17, 15) is 4.79 Å². The lowest BCUT2D eigenvalue weighted by Crippen LogP contribution is -1.86. The largest absolute Gasteiger partial charge is 0.478 e. The van der Waals surface area contributed by atoms with E-state index in [1.807, 2.05) is 48.5 Å². The van der Waals surface area contributed by atoms with E-state index in [0.717, 1.165) is 32.9 Å². The van der Waals surface area contributed by atoms with Crippen LogP contribution in [0.25, 0.3) is 6.08 Å². The predicted molar refractivity (Wildman–Crippen MR) is 84.1 cm³/mol. The van der Waals surface area contributed by atoms with E-state index in [0.29, 0.717) is 0 Å². The molecular formula is C16H13ClO2S. The first kappa shape index (κ1) is 14.7. The van der Waals surface area contributed by atoms with Gasteiger partial charge in [0.1, 0.15) is 0 Å². The fourth-order valence-corrected chi connectivity index (χ4v) is 2.62. The maximum absolute atomic E-state index is 10.5. The molecule has 0 unspecified atom stereocenters. The summed E-state index contributed by atoms with van der Waals surface area (Å²) in [5.74, 6) is -0.109. The maximum atomic E-state index is 10.5. The second-order valence-electron chi connectivity index (χ2n) is 4.16. The normalized spacial score (nSPS) is 10.8. The molecule has 0 spiro atoms. The van der Waals surface area contributed by atoms with Crippen molar-refractivity contribution in [2.75, 3.05) is 0 Å². The molecular weight excluding hydrogens is 292 g/mol. The molecule has 0 amide bonds. The third-order valence-corrected chi connectivity index (χ3v) is 3.92. The first-order valence-corrected chi connectivity index (χ1v) is 7.38. The fourth-order valence-electron chi connectivity index (χ4n) is 1.65. The Morgan fingerprint density at radius 2 is 1.95 bits per heavy atom. The number of halogens is 1. The van der Waals surface area contributed by atoms with Gasteiger partial charge in [0, 0.05) is 21.7 Å². The van der Waals surface area contributed by atoms with E-state index in [4.69, 9.17) is 16.7 Å². The summed E-state index contributed by atoms with van der Waals surface area (Å²) in [6.45, 7) is 0. The van der Waals surface area contributed by atoms with Crippen molar-refractivity contribution < 1.29 is 9.90 Å². The van der Waals surface area contributed by atoms with Gasteiger partial charge >= 0.3 is 5.97 Å². The maximum Gasteiger partial charge on any atom is 0.328 e. The number of carboxylic acids is 1. The van der Waals surface area contributed by atoms with Crippen LogP contribution in [-0.4, -0.2) is 11.1 Å². The minimum Gasteiger partial charge on any atom is -0.478 e. The molecule has 0 radical (unpaired) electrons. The third kappa shape index (κ3) is 4.76. The molecule has 2 rings (SSSR count). The van der Waals surface area contributed by atoms with Gasteiger partial charge in [0.15, 0.2) is 0 Å². The lowest BCUT2D eigenvalue weighted by atomic mass is 10.1. The predicted octanol–water partition coefficient (Wildman–Crippen LogP) is 4.73. The lowest BCUT2D eigenvalue weighted by molar-refractivity contribution is -0.131. The van der Waals surface area contributed by atoms with Crippen LogP contribution >= 0.6 is 23.4 Å². The molecule has 0 aromatic heterocycles. The summed E-state index contributed by atoms with van der Waals surface area (Å²) in [7, 11) is 0. The molecule has 0 saturated heterocycles. The van der Waals surface area contributed by atoms with E-state index >= 15 is 0 Å². The van der Waals surface area contributed by atoms with Crippen molar-refractivity contribution in [1.82, 2.24) is 0 Å². The smallest absolute Gasteiger partial charge is 0.328 e. The molecule has 1 N–H and O–H groups in total. The van der Waals surface area contributed by atoms with Crippen molar-refractivity contribution in [3.8, 4) is 0 Å². The first-order valence-electron chi connectivity index (χ1n) is 6.02. The van der Waals surface area contributed by atoms with E-state index in [1.54, 1.807) is 17.8 Å². The molecule has 0 atom stereocenters. The Kier molecular flexibility index (Phi) is 5.27. The molecule has 2 nitrogen and oxygen atoms in total. The molecule has 2 aromatic carbocycles. The second kappa shape index (κ2) is 7.17. The Morgan fingerprint density at radius 1 is 1.20 bits per heavy atom. The van der Waals surface area contributed by atoms with E-state index in [1.165, 1.54) is 0 Å². The first-order chi connectivity index (χ1) is 9.63. The minimum absolute atomic E-state index is 0.732. The van der Waals surface area contributed by atoms with Gasteiger partial charge < -0.3 is 5.11 Å². The minimum atomic E-state index is -0.939. The van der Waals surface area contributed by atoms with Crippen LogP contribution in [0.1, 0.15) is 11.1 Å². The highest BCUT2D eigenvalue weighted by Crippen LogP contribution is 2.24. The quantitative estimate of drug-likeness (QED) is 0.641. The summed E-state index contributed by atoms with van der Waals surface area (Å²) < 4.78 is 0. The summed E-state index contributed by atoms with van der Waals surface area (Å²) >= 11 is 7.56. The van der Waals surface area contributed by atoms with Gasteiger partial charge in [-0.1, -0.05) is 35.9 Å². The number of carboxylic acid groups (broad SMARTS) is 1. The van der Waals surface area contributed by atoms with Crippen LogP contribution in [0, 0.1) is 0 Å². The zero-order chi connectivity index (χ0) is 14.4. The summed E-state index contributed by atoms with van der Waals surface area (Å²) in [4.78, 5) is 11.6. The number of rotatable bonds is 5. The number of thioether (sulfide) groups is 1. The molecule has 4 heteroatoms.